The minimum absolute atomic E-state index is 0.00273. The Bertz CT molecular complexity index is 1100. The molecule has 0 fully saturated rings. The lowest BCUT2D eigenvalue weighted by atomic mass is 10.0. The Balaban J connectivity index is 1.93. The summed E-state index contributed by atoms with van der Waals surface area (Å²) in [5.41, 5.74) is 2.61. The van der Waals surface area contributed by atoms with Gasteiger partial charge in [-0.1, -0.05) is 41.6 Å². The first kappa shape index (κ1) is 17.6. The lowest BCUT2D eigenvalue weighted by Gasteiger charge is -2.22. The number of halogens is 1. The molecule has 136 valence electrons. The number of benzene rings is 2. The van der Waals surface area contributed by atoms with Gasteiger partial charge in [0.2, 0.25) is 5.16 Å². The van der Waals surface area contributed by atoms with Crippen molar-refractivity contribution in [3.63, 3.8) is 0 Å². The topological polar surface area (TPSA) is 81.9 Å². The minimum atomic E-state index is -0.446. The number of hydrogen-bond donors (Lipinski definition) is 3. The number of para-hydroxylation sites is 1. The number of fused-ring (bicyclic) bond motifs is 3. The van der Waals surface area contributed by atoms with E-state index in [0.717, 1.165) is 16.8 Å². The van der Waals surface area contributed by atoms with Crippen molar-refractivity contribution in [2.24, 2.45) is 0 Å². The van der Waals surface area contributed by atoms with Crippen LogP contribution in [0, 0.1) is 0 Å². The van der Waals surface area contributed by atoms with Crippen LogP contribution < -0.4 is 15.6 Å². The van der Waals surface area contributed by atoms with Gasteiger partial charge in [0, 0.05) is 16.4 Å². The van der Waals surface area contributed by atoms with Gasteiger partial charge < -0.3 is 10.4 Å². The number of thioether (sulfide) groups is 1. The van der Waals surface area contributed by atoms with E-state index in [1.165, 1.54) is 17.8 Å². The quantitative estimate of drug-likeness (QED) is 0.356. The Morgan fingerprint density at radius 2 is 2.15 bits per heavy atom. The average Bonchev–Trinajstić information content (AvgIpc) is 2.67. The normalized spacial score (nSPS) is 14.8. The smallest absolute Gasteiger partial charge is 0.325 e. The molecule has 27 heavy (non-hydrogen) atoms. The first-order valence-electron chi connectivity index (χ1n) is 8.22. The Morgan fingerprint density at radius 3 is 2.93 bits per heavy atom. The second kappa shape index (κ2) is 7.09. The Morgan fingerprint density at radius 1 is 1.33 bits per heavy atom. The van der Waals surface area contributed by atoms with Crippen LogP contribution in [0.15, 0.2) is 65.1 Å². The molecule has 0 radical (unpaired) electrons. The first-order valence-corrected chi connectivity index (χ1v) is 9.59. The van der Waals surface area contributed by atoms with Gasteiger partial charge in [0.25, 0.3) is 6.17 Å². The molecule has 2 heterocycles. The van der Waals surface area contributed by atoms with Gasteiger partial charge in [-0.3, -0.25) is 9.78 Å². The fourth-order valence-electron chi connectivity index (χ4n) is 3.01. The zero-order valence-electron chi connectivity index (χ0n) is 14.1. The van der Waals surface area contributed by atoms with E-state index in [0.29, 0.717) is 16.6 Å². The van der Waals surface area contributed by atoms with E-state index in [1.807, 2.05) is 24.3 Å². The number of nitrogens with zero attached hydrogens (tertiary/aromatic N) is 2. The summed E-state index contributed by atoms with van der Waals surface area (Å²) in [4.78, 5) is 15.7. The van der Waals surface area contributed by atoms with Crippen LogP contribution >= 0.6 is 23.4 Å². The Labute approximate surface area is 164 Å². The van der Waals surface area contributed by atoms with Crippen LogP contribution in [0.1, 0.15) is 11.7 Å². The SMILES string of the molecule is C=CCSc1n[n+]2c(c(=O)[nH]1)-c1ccccc1N[C@H]2c1ccc(O)c(Cl)c1. The van der Waals surface area contributed by atoms with Gasteiger partial charge in [0.05, 0.1) is 16.3 Å². The molecule has 1 atom stereocenters. The third-order valence-corrected chi connectivity index (χ3v) is 5.37. The van der Waals surface area contributed by atoms with Gasteiger partial charge in [0.1, 0.15) is 5.75 Å². The van der Waals surface area contributed by atoms with Crippen LogP contribution in [0.2, 0.25) is 5.02 Å². The number of phenolic OH excluding ortho intramolecular Hbond substituents is 1. The van der Waals surface area contributed by atoms with Crippen molar-refractivity contribution in [1.29, 1.82) is 0 Å². The molecule has 0 aliphatic carbocycles. The van der Waals surface area contributed by atoms with E-state index >= 15 is 0 Å². The van der Waals surface area contributed by atoms with Crippen LogP contribution in [0.4, 0.5) is 5.69 Å². The van der Waals surface area contributed by atoms with E-state index < -0.39 is 6.17 Å². The number of aromatic hydroxyl groups is 1. The first-order chi connectivity index (χ1) is 13.1. The number of anilines is 1. The van der Waals surface area contributed by atoms with E-state index in [4.69, 9.17) is 11.6 Å². The molecule has 3 N–H and O–H groups in total. The summed E-state index contributed by atoms with van der Waals surface area (Å²) in [6.07, 6.45) is 1.30. The maximum atomic E-state index is 12.9. The van der Waals surface area contributed by atoms with Crippen LogP contribution in [-0.2, 0) is 0 Å². The summed E-state index contributed by atoms with van der Waals surface area (Å²) in [6, 6.07) is 12.5. The molecule has 3 aromatic rings. The van der Waals surface area contributed by atoms with Gasteiger partial charge in [-0.25, -0.2) is 0 Å². The summed E-state index contributed by atoms with van der Waals surface area (Å²) in [7, 11) is 0. The van der Waals surface area contributed by atoms with E-state index in [-0.39, 0.29) is 16.3 Å². The summed E-state index contributed by atoms with van der Waals surface area (Å²) >= 11 is 7.49. The standard InChI is InChI=1S/C19H15ClN4O2S/c1-2-9-27-19-22-18(26)16-12-5-3-4-6-14(12)21-17(24(16)23-19)11-7-8-15(25)13(20)10-11/h2-8,10,17H,1,9H2,(H2,22,23,25,26)/p+1/t17-/m1/s1. The van der Waals surface area contributed by atoms with Crippen molar-refractivity contribution in [3.8, 4) is 17.0 Å². The number of H-pyrrole nitrogens is 1. The zero-order chi connectivity index (χ0) is 19.0. The van der Waals surface area contributed by atoms with E-state index in [2.05, 4.69) is 22.0 Å². The molecule has 0 amide bonds. The van der Waals surface area contributed by atoms with Crippen LogP contribution in [0.25, 0.3) is 11.3 Å². The van der Waals surface area contributed by atoms with Crippen molar-refractivity contribution < 1.29 is 9.79 Å². The van der Waals surface area contributed by atoms with Gasteiger partial charge >= 0.3 is 11.3 Å². The summed E-state index contributed by atoms with van der Waals surface area (Å²) in [6.45, 7) is 3.70. The van der Waals surface area contributed by atoms with Crippen molar-refractivity contribution in [2.75, 3.05) is 11.1 Å². The average molecular weight is 400 g/mol. The predicted octanol–water partition coefficient (Wildman–Crippen LogP) is 3.33. The Kier molecular flexibility index (Phi) is 4.63. The van der Waals surface area contributed by atoms with Crippen molar-refractivity contribution in [2.45, 2.75) is 11.3 Å². The Hall–Kier alpha value is -2.77. The molecule has 0 spiro atoms. The summed E-state index contributed by atoms with van der Waals surface area (Å²) < 4.78 is 1.66. The number of aromatic nitrogens is 3. The maximum absolute atomic E-state index is 12.9. The third kappa shape index (κ3) is 3.20. The number of nitrogens with one attached hydrogen (secondary N) is 2. The molecule has 4 rings (SSSR count). The van der Waals surface area contributed by atoms with Crippen molar-refractivity contribution in [1.82, 2.24) is 10.1 Å². The van der Waals surface area contributed by atoms with E-state index in [1.54, 1.807) is 22.9 Å². The molecule has 1 aliphatic heterocycles. The van der Waals surface area contributed by atoms with Crippen molar-refractivity contribution in [3.05, 3.63) is 76.1 Å². The molecule has 2 aromatic carbocycles. The largest absolute Gasteiger partial charge is 0.506 e. The van der Waals surface area contributed by atoms with Gasteiger partial charge in [-0.2, -0.15) is 0 Å². The van der Waals surface area contributed by atoms with Crippen molar-refractivity contribution >= 4 is 29.1 Å². The molecule has 1 aliphatic rings. The molecule has 1 aromatic heterocycles. The highest BCUT2D eigenvalue weighted by atomic mass is 35.5. The van der Waals surface area contributed by atoms with Gasteiger partial charge in [-0.05, 0) is 35.0 Å². The molecule has 0 bridgehead atoms. The second-order valence-electron chi connectivity index (χ2n) is 5.96. The molecule has 8 heteroatoms. The zero-order valence-corrected chi connectivity index (χ0v) is 15.7. The van der Waals surface area contributed by atoms with Crippen LogP contribution in [0.5, 0.6) is 5.75 Å². The second-order valence-corrected chi connectivity index (χ2v) is 7.37. The third-order valence-electron chi connectivity index (χ3n) is 4.21. The van der Waals surface area contributed by atoms with Crippen LogP contribution in [0.3, 0.4) is 0 Å². The highest BCUT2D eigenvalue weighted by Gasteiger charge is 2.37. The molecular weight excluding hydrogens is 384 g/mol. The van der Waals surface area contributed by atoms with E-state index in [9.17, 15) is 9.90 Å². The lowest BCUT2D eigenvalue weighted by Crippen LogP contribution is -2.55. The number of phenols is 1. The van der Waals surface area contributed by atoms with Gasteiger partial charge in [0.15, 0.2) is 0 Å². The minimum Gasteiger partial charge on any atom is -0.506 e. The molecule has 6 nitrogen and oxygen atoms in total. The lowest BCUT2D eigenvalue weighted by molar-refractivity contribution is -0.759. The number of aromatic amines is 1. The summed E-state index contributed by atoms with van der Waals surface area (Å²) in [5, 5.41) is 18.5. The fourth-order valence-corrected chi connectivity index (χ4v) is 3.79. The highest BCUT2D eigenvalue weighted by molar-refractivity contribution is 7.99. The monoisotopic (exact) mass is 399 g/mol. The molecule has 0 saturated heterocycles. The fraction of sp³-hybridized carbons (Fsp3) is 0.105. The van der Waals surface area contributed by atoms with Crippen LogP contribution in [-0.4, -0.2) is 20.9 Å². The number of hydrogen-bond acceptors (Lipinski definition) is 5. The van der Waals surface area contributed by atoms with Gasteiger partial charge in [-0.15, -0.1) is 6.58 Å². The number of rotatable bonds is 4. The molecule has 0 unspecified atom stereocenters. The predicted molar refractivity (Wildman–Crippen MR) is 106 cm³/mol. The highest BCUT2D eigenvalue weighted by Crippen LogP contribution is 2.33. The molecular formula is C19H16ClN4O2S+. The molecule has 0 saturated carbocycles. The maximum Gasteiger partial charge on any atom is 0.325 e. The summed E-state index contributed by atoms with van der Waals surface area (Å²) in [5.74, 6) is 0.630.